The largest absolute Gasteiger partial charge is 0.573 e. The van der Waals surface area contributed by atoms with Crippen LogP contribution in [0.4, 0.5) is 17.6 Å². The number of hydrogen-bond donors (Lipinski definition) is 0. The van der Waals surface area contributed by atoms with Crippen LogP contribution in [0.3, 0.4) is 0 Å². The van der Waals surface area contributed by atoms with E-state index in [0.717, 1.165) is 18.6 Å². The zero-order valence-electron chi connectivity index (χ0n) is 10.9. The quantitative estimate of drug-likeness (QED) is 0.716. The Bertz CT molecular complexity index is 481. The molecule has 1 aromatic rings. The van der Waals surface area contributed by atoms with Gasteiger partial charge in [-0.3, -0.25) is 0 Å². The molecule has 105 valence electrons. The van der Waals surface area contributed by atoms with Crippen LogP contribution >= 0.6 is 0 Å². The lowest BCUT2D eigenvalue weighted by Gasteiger charge is -2.31. The minimum atomic E-state index is -4.89. The van der Waals surface area contributed by atoms with Gasteiger partial charge in [0.2, 0.25) is 0 Å². The smallest absolute Gasteiger partial charge is 0.403 e. The highest BCUT2D eigenvalue weighted by Gasteiger charge is 2.53. The summed E-state index contributed by atoms with van der Waals surface area (Å²) in [5.74, 6) is -1.78. The molecule has 1 aromatic carbocycles. The van der Waals surface area contributed by atoms with Gasteiger partial charge in [-0.05, 0) is 36.0 Å². The van der Waals surface area contributed by atoms with Crippen molar-refractivity contribution < 1.29 is 22.3 Å². The molecule has 0 heterocycles. The van der Waals surface area contributed by atoms with Gasteiger partial charge in [-0.2, -0.15) is 0 Å². The highest BCUT2D eigenvalue weighted by Crippen LogP contribution is 2.59. The van der Waals surface area contributed by atoms with Crippen LogP contribution in [0.25, 0.3) is 0 Å². The summed E-state index contributed by atoms with van der Waals surface area (Å²) in [6.45, 7) is 6.01. The maximum Gasteiger partial charge on any atom is 0.573 e. The van der Waals surface area contributed by atoms with Crippen LogP contribution in [0, 0.1) is 17.7 Å². The second-order valence-electron chi connectivity index (χ2n) is 5.82. The first-order valence-electron chi connectivity index (χ1n) is 5.95. The van der Waals surface area contributed by atoms with Crippen LogP contribution in [0.15, 0.2) is 18.2 Å². The molecule has 1 unspecified atom stereocenters. The average molecular weight is 275 g/mol. The van der Waals surface area contributed by atoms with Gasteiger partial charge in [0, 0.05) is 5.41 Å². The van der Waals surface area contributed by atoms with E-state index in [-0.39, 0.29) is 10.8 Å². The fraction of sp³-hybridized carbons (Fsp3) is 0.500. The second kappa shape index (κ2) is 4.12. The first-order chi connectivity index (χ1) is 8.55. The predicted molar refractivity (Wildman–Crippen MR) is 63.1 cm³/mol. The van der Waals surface area contributed by atoms with Crippen molar-refractivity contribution in [2.75, 3.05) is 0 Å². The van der Waals surface area contributed by atoms with Crippen LogP contribution in [0.5, 0.6) is 5.75 Å². The summed E-state index contributed by atoms with van der Waals surface area (Å²) in [4.78, 5) is 0. The highest BCUT2D eigenvalue weighted by molar-refractivity contribution is 5.45. The molecule has 19 heavy (non-hydrogen) atoms. The maximum atomic E-state index is 13.4. The normalized spacial score (nSPS) is 18.3. The summed E-state index contributed by atoms with van der Waals surface area (Å²) >= 11 is 0. The molecular formula is C14H15F4O. The van der Waals surface area contributed by atoms with Crippen molar-refractivity contribution in [3.05, 3.63) is 36.0 Å². The van der Waals surface area contributed by atoms with E-state index < -0.39 is 17.9 Å². The monoisotopic (exact) mass is 275 g/mol. The zero-order chi connectivity index (χ0) is 14.5. The predicted octanol–water partition coefficient (Wildman–Crippen LogP) is 4.62. The Morgan fingerprint density at radius 1 is 1.16 bits per heavy atom. The lowest BCUT2D eigenvalue weighted by molar-refractivity contribution is -0.275. The van der Waals surface area contributed by atoms with Gasteiger partial charge in [-0.1, -0.05) is 26.8 Å². The molecule has 5 heteroatoms. The fourth-order valence-corrected chi connectivity index (χ4v) is 2.37. The van der Waals surface area contributed by atoms with Gasteiger partial charge in [-0.25, -0.2) is 4.39 Å². The van der Waals surface area contributed by atoms with Crippen LogP contribution < -0.4 is 4.74 Å². The van der Waals surface area contributed by atoms with E-state index in [9.17, 15) is 17.6 Å². The maximum absolute atomic E-state index is 13.4. The molecule has 1 fully saturated rings. The molecule has 2 rings (SSSR count). The van der Waals surface area contributed by atoms with E-state index in [0.29, 0.717) is 5.56 Å². The van der Waals surface area contributed by atoms with E-state index in [2.05, 4.69) is 4.74 Å². The SMILES string of the molecule is CC(C)(C)C1(c2ccc(F)c(OC(F)(F)F)c2)[CH]C1. The molecular weight excluding hydrogens is 260 g/mol. The molecule has 1 saturated carbocycles. The number of alkyl halides is 3. The third-order valence-corrected chi connectivity index (χ3v) is 3.62. The average Bonchev–Trinajstić information content (AvgIpc) is 2.99. The molecule has 0 spiro atoms. The van der Waals surface area contributed by atoms with Crippen molar-refractivity contribution in [1.82, 2.24) is 0 Å². The topological polar surface area (TPSA) is 9.23 Å². The summed E-state index contributed by atoms with van der Waals surface area (Å²) in [5.41, 5.74) is 0.214. The minimum Gasteiger partial charge on any atom is -0.403 e. The Kier molecular flexibility index (Phi) is 3.07. The number of ether oxygens (including phenoxy) is 1. The Balaban J connectivity index is 2.37. The molecule has 0 amide bonds. The lowest BCUT2D eigenvalue weighted by atomic mass is 9.73. The zero-order valence-corrected chi connectivity index (χ0v) is 10.9. The number of benzene rings is 1. The van der Waals surface area contributed by atoms with Crippen molar-refractivity contribution in [2.45, 2.75) is 39.0 Å². The minimum absolute atomic E-state index is 0.139. The van der Waals surface area contributed by atoms with Crippen LogP contribution in [0.1, 0.15) is 32.8 Å². The summed E-state index contributed by atoms with van der Waals surface area (Å²) in [7, 11) is 0. The van der Waals surface area contributed by atoms with E-state index in [1.54, 1.807) is 0 Å². The standard InChI is InChI=1S/C14H15F4O/c1-12(2,3)13(6-7-13)9-4-5-10(15)11(8-9)19-14(16,17)18/h4-6,8H,7H2,1-3H3. The van der Waals surface area contributed by atoms with Crippen LogP contribution in [-0.2, 0) is 5.41 Å². The van der Waals surface area contributed by atoms with E-state index in [4.69, 9.17) is 0 Å². The van der Waals surface area contributed by atoms with Crippen molar-refractivity contribution in [3.8, 4) is 5.75 Å². The van der Waals surface area contributed by atoms with Gasteiger partial charge < -0.3 is 4.74 Å². The summed E-state index contributed by atoms with van der Waals surface area (Å²) in [6, 6.07) is 3.70. The molecule has 1 aliphatic carbocycles. The summed E-state index contributed by atoms with van der Waals surface area (Å²) < 4.78 is 53.7. The van der Waals surface area contributed by atoms with Crippen molar-refractivity contribution in [2.24, 2.45) is 5.41 Å². The first-order valence-corrected chi connectivity index (χ1v) is 5.95. The van der Waals surface area contributed by atoms with Crippen molar-refractivity contribution in [1.29, 1.82) is 0 Å². The van der Waals surface area contributed by atoms with E-state index in [1.807, 2.05) is 27.2 Å². The van der Waals surface area contributed by atoms with E-state index >= 15 is 0 Å². The van der Waals surface area contributed by atoms with Gasteiger partial charge in [0.25, 0.3) is 0 Å². The number of hydrogen-bond acceptors (Lipinski definition) is 1. The Labute approximate surface area is 109 Å². The van der Waals surface area contributed by atoms with Crippen molar-refractivity contribution >= 4 is 0 Å². The van der Waals surface area contributed by atoms with Gasteiger partial charge in [0.1, 0.15) is 0 Å². The summed E-state index contributed by atoms with van der Waals surface area (Å²) in [6.07, 6.45) is -2.09. The van der Waals surface area contributed by atoms with Gasteiger partial charge in [0.15, 0.2) is 11.6 Å². The molecule has 0 saturated heterocycles. The van der Waals surface area contributed by atoms with E-state index in [1.165, 1.54) is 6.07 Å². The van der Waals surface area contributed by atoms with Gasteiger partial charge >= 0.3 is 6.36 Å². The molecule has 0 bridgehead atoms. The summed E-state index contributed by atoms with van der Waals surface area (Å²) in [5, 5.41) is 0. The third-order valence-electron chi connectivity index (χ3n) is 3.62. The highest BCUT2D eigenvalue weighted by atomic mass is 19.4. The van der Waals surface area contributed by atoms with Gasteiger partial charge in [0.05, 0.1) is 0 Å². The van der Waals surface area contributed by atoms with Crippen molar-refractivity contribution in [3.63, 3.8) is 0 Å². The molecule has 1 aliphatic rings. The second-order valence-corrected chi connectivity index (χ2v) is 5.82. The molecule has 1 nitrogen and oxygen atoms in total. The lowest BCUT2D eigenvalue weighted by Crippen LogP contribution is -2.26. The number of rotatable bonds is 2. The number of halogens is 4. The first kappa shape index (κ1) is 14.2. The molecule has 0 N–H and O–H groups in total. The van der Waals surface area contributed by atoms with Crippen LogP contribution in [0.2, 0.25) is 0 Å². The molecule has 1 radical (unpaired) electrons. The molecule has 0 aliphatic heterocycles. The molecule has 0 aromatic heterocycles. The third kappa shape index (κ3) is 2.69. The Morgan fingerprint density at radius 3 is 2.16 bits per heavy atom. The van der Waals surface area contributed by atoms with Crippen LogP contribution in [-0.4, -0.2) is 6.36 Å². The Hall–Kier alpha value is -1.26. The Morgan fingerprint density at radius 2 is 1.74 bits per heavy atom. The van der Waals surface area contributed by atoms with Gasteiger partial charge in [-0.15, -0.1) is 13.2 Å². The molecule has 1 atom stereocenters. The fourth-order valence-electron chi connectivity index (χ4n) is 2.37.